The van der Waals surface area contributed by atoms with Crippen molar-refractivity contribution in [3.8, 4) is 5.75 Å². The molecule has 1 aromatic rings. The number of rotatable bonds is 4. The molecular weight excluding hydrogens is 262 g/mol. The van der Waals surface area contributed by atoms with Crippen molar-refractivity contribution in [3.63, 3.8) is 0 Å². The van der Waals surface area contributed by atoms with Crippen LogP contribution >= 0.6 is 0 Å². The molecule has 0 saturated heterocycles. The lowest BCUT2D eigenvalue weighted by Gasteiger charge is -2.29. The van der Waals surface area contributed by atoms with Crippen LogP contribution in [0.5, 0.6) is 5.75 Å². The molecule has 1 N–H and O–H groups in total. The number of hydrogen-bond donors (Lipinski definition) is 1. The van der Waals surface area contributed by atoms with E-state index in [-0.39, 0.29) is 23.1 Å². The van der Waals surface area contributed by atoms with E-state index in [1.165, 1.54) is 18.2 Å². The average Bonchev–Trinajstić information content (AvgIpc) is 2.41. The minimum Gasteiger partial charge on any atom is -0.483 e. The maximum absolute atomic E-state index is 11.0. The van der Waals surface area contributed by atoms with E-state index in [1.807, 2.05) is 0 Å². The zero-order chi connectivity index (χ0) is 14.7. The first-order chi connectivity index (χ1) is 9.49. The predicted octanol–water partition coefficient (Wildman–Crippen LogP) is 3.25. The Morgan fingerprint density at radius 2 is 2.10 bits per heavy atom. The van der Waals surface area contributed by atoms with Crippen LogP contribution in [0.25, 0.3) is 0 Å². The van der Waals surface area contributed by atoms with Crippen molar-refractivity contribution in [2.45, 2.75) is 38.7 Å². The zero-order valence-corrected chi connectivity index (χ0v) is 11.2. The second-order valence-corrected chi connectivity index (χ2v) is 5.16. The van der Waals surface area contributed by atoms with Crippen molar-refractivity contribution in [1.82, 2.24) is 0 Å². The molecule has 0 amide bonds. The molecule has 1 aliphatic carbocycles. The van der Waals surface area contributed by atoms with Crippen LogP contribution in [0.1, 0.15) is 43.0 Å². The number of benzene rings is 1. The summed E-state index contributed by atoms with van der Waals surface area (Å²) in [5.74, 6) is -0.757. The molecule has 1 aromatic carbocycles. The summed E-state index contributed by atoms with van der Waals surface area (Å²) in [6.45, 7) is 2.05. The van der Waals surface area contributed by atoms with Crippen LogP contribution in [0.2, 0.25) is 0 Å². The highest BCUT2D eigenvalue weighted by Gasteiger charge is 2.26. The maximum Gasteiger partial charge on any atom is 0.335 e. The number of carboxylic acid groups (broad SMARTS) is 1. The number of nitro benzene ring substituents is 1. The summed E-state index contributed by atoms with van der Waals surface area (Å²) in [5, 5.41) is 20.0. The molecule has 2 unspecified atom stereocenters. The van der Waals surface area contributed by atoms with Crippen molar-refractivity contribution in [2.24, 2.45) is 5.92 Å². The van der Waals surface area contributed by atoms with E-state index in [2.05, 4.69) is 6.92 Å². The van der Waals surface area contributed by atoms with Gasteiger partial charge in [-0.1, -0.05) is 13.3 Å². The van der Waals surface area contributed by atoms with Gasteiger partial charge in [-0.15, -0.1) is 0 Å². The van der Waals surface area contributed by atoms with E-state index < -0.39 is 10.9 Å². The summed E-state index contributed by atoms with van der Waals surface area (Å²) >= 11 is 0. The third-order valence-electron chi connectivity index (χ3n) is 3.71. The number of carboxylic acids is 1. The van der Waals surface area contributed by atoms with Gasteiger partial charge >= 0.3 is 11.7 Å². The van der Waals surface area contributed by atoms with Gasteiger partial charge < -0.3 is 9.84 Å². The van der Waals surface area contributed by atoms with E-state index >= 15 is 0 Å². The molecule has 20 heavy (non-hydrogen) atoms. The highest BCUT2D eigenvalue weighted by atomic mass is 16.6. The number of ether oxygens (including phenoxy) is 1. The van der Waals surface area contributed by atoms with Gasteiger partial charge in [0.15, 0.2) is 5.75 Å². The summed E-state index contributed by atoms with van der Waals surface area (Å²) in [7, 11) is 0. The molecule has 1 saturated carbocycles. The smallest absolute Gasteiger partial charge is 0.335 e. The van der Waals surface area contributed by atoms with E-state index in [4.69, 9.17) is 9.84 Å². The summed E-state index contributed by atoms with van der Waals surface area (Å²) < 4.78 is 5.75. The lowest BCUT2D eigenvalue weighted by molar-refractivity contribution is -0.386. The lowest BCUT2D eigenvalue weighted by Crippen LogP contribution is -2.28. The van der Waals surface area contributed by atoms with Gasteiger partial charge in [0.05, 0.1) is 10.5 Å². The number of nitro groups is 1. The highest BCUT2D eigenvalue weighted by Crippen LogP contribution is 2.33. The van der Waals surface area contributed by atoms with Gasteiger partial charge in [-0.25, -0.2) is 4.79 Å². The van der Waals surface area contributed by atoms with Gasteiger partial charge in [-0.2, -0.15) is 0 Å². The minimum atomic E-state index is -1.12. The quantitative estimate of drug-likeness (QED) is 0.675. The standard InChI is InChI=1S/C14H17NO5/c1-9-4-2-3-5-12(9)20-13-8-10(14(16)17)6-7-11(13)15(18)19/h6-9,12H,2-5H2,1H3,(H,16,17). The fourth-order valence-electron chi connectivity index (χ4n) is 2.51. The summed E-state index contributed by atoms with van der Waals surface area (Å²) in [6.07, 6.45) is 3.94. The molecule has 0 aromatic heterocycles. The van der Waals surface area contributed by atoms with Crippen LogP contribution < -0.4 is 4.74 Å². The van der Waals surface area contributed by atoms with Gasteiger partial charge in [0.1, 0.15) is 6.10 Å². The van der Waals surface area contributed by atoms with E-state index in [1.54, 1.807) is 0 Å². The second kappa shape index (κ2) is 5.90. The normalized spacial score (nSPS) is 22.2. The van der Waals surface area contributed by atoms with Crippen LogP contribution in [0.15, 0.2) is 18.2 Å². The van der Waals surface area contributed by atoms with Crippen LogP contribution in [-0.4, -0.2) is 22.1 Å². The molecule has 6 heteroatoms. The van der Waals surface area contributed by atoms with E-state index in [9.17, 15) is 14.9 Å². The number of carbonyl (C=O) groups is 1. The Hall–Kier alpha value is -2.11. The number of aromatic carboxylic acids is 1. The van der Waals surface area contributed by atoms with Crippen molar-refractivity contribution < 1.29 is 19.6 Å². The lowest BCUT2D eigenvalue weighted by atomic mass is 9.88. The first-order valence-corrected chi connectivity index (χ1v) is 6.67. The Morgan fingerprint density at radius 3 is 2.70 bits per heavy atom. The topological polar surface area (TPSA) is 89.7 Å². The molecule has 0 aliphatic heterocycles. The van der Waals surface area contributed by atoms with Crippen molar-refractivity contribution in [1.29, 1.82) is 0 Å². The van der Waals surface area contributed by atoms with Gasteiger partial charge in [-0.05, 0) is 31.2 Å². The molecular formula is C14H17NO5. The molecule has 0 bridgehead atoms. The molecule has 1 aliphatic rings. The molecule has 0 heterocycles. The monoisotopic (exact) mass is 279 g/mol. The largest absolute Gasteiger partial charge is 0.483 e. The minimum absolute atomic E-state index is 0.00550. The Morgan fingerprint density at radius 1 is 1.40 bits per heavy atom. The van der Waals surface area contributed by atoms with Crippen LogP contribution in [0.4, 0.5) is 5.69 Å². The highest BCUT2D eigenvalue weighted by molar-refractivity contribution is 5.88. The zero-order valence-electron chi connectivity index (χ0n) is 11.2. The molecule has 2 rings (SSSR count). The van der Waals surface area contributed by atoms with Gasteiger partial charge in [0.25, 0.3) is 0 Å². The van der Waals surface area contributed by atoms with E-state index in [0.29, 0.717) is 5.92 Å². The van der Waals surface area contributed by atoms with Gasteiger partial charge in [0.2, 0.25) is 0 Å². The van der Waals surface area contributed by atoms with Crippen LogP contribution in [0, 0.1) is 16.0 Å². The molecule has 0 radical (unpaired) electrons. The van der Waals surface area contributed by atoms with Crippen molar-refractivity contribution >= 4 is 11.7 Å². The number of nitrogens with zero attached hydrogens (tertiary/aromatic N) is 1. The Bertz CT molecular complexity index is 528. The fraction of sp³-hybridized carbons (Fsp3) is 0.500. The number of hydrogen-bond acceptors (Lipinski definition) is 4. The van der Waals surface area contributed by atoms with Crippen molar-refractivity contribution in [2.75, 3.05) is 0 Å². The van der Waals surface area contributed by atoms with Gasteiger partial charge in [0, 0.05) is 12.1 Å². The molecule has 2 atom stereocenters. The molecule has 0 spiro atoms. The average molecular weight is 279 g/mol. The first-order valence-electron chi connectivity index (χ1n) is 6.67. The maximum atomic E-state index is 11.0. The Kier molecular flexibility index (Phi) is 4.22. The third-order valence-corrected chi connectivity index (χ3v) is 3.71. The summed E-state index contributed by atoms with van der Waals surface area (Å²) in [4.78, 5) is 21.4. The van der Waals surface area contributed by atoms with E-state index in [0.717, 1.165) is 25.7 Å². The Labute approximate surface area is 116 Å². The molecule has 1 fully saturated rings. The van der Waals surface area contributed by atoms with Crippen molar-refractivity contribution in [3.05, 3.63) is 33.9 Å². The fourth-order valence-corrected chi connectivity index (χ4v) is 2.51. The first kappa shape index (κ1) is 14.3. The molecule has 108 valence electrons. The van der Waals surface area contributed by atoms with Gasteiger partial charge in [-0.3, -0.25) is 10.1 Å². The summed E-state index contributed by atoms with van der Waals surface area (Å²) in [6, 6.07) is 3.64. The Balaban J connectivity index is 2.29. The predicted molar refractivity (Wildman–Crippen MR) is 72.1 cm³/mol. The summed E-state index contributed by atoms with van der Waals surface area (Å²) in [5.41, 5.74) is -0.193. The molecule has 6 nitrogen and oxygen atoms in total. The SMILES string of the molecule is CC1CCCCC1Oc1cc(C(=O)O)ccc1[N+](=O)[O-]. The van der Waals surface area contributed by atoms with Crippen LogP contribution in [0.3, 0.4) is 0 Å². The van der Waals surface area contributed by atoms with Crippen LogP contribution in [-0.2, 0) is 0 Å². The second-order valence-electron chi connectivity index (χ2n) is 5.16. The third kappa shape index (κ3) is 3.07.